The van der Waals surface area contributed by atoms with Crippen molar-refractivity contribution in [1.82, 2.24) is 20.2 Å². The van der Waals surface area contributed by atoms with E-state index in [0.717, 1.165) is 40.0 Å². The SMILES string of the molecule is CC#Cc1cc(-c2cnc([C@@H]3CCCN3C(=O)[C@@H](NC(=O)OC)C(C)C)[nH]2)ccc1Br. The third-order valence-electron chi connectivity index (χ3n) is 5.38. The Kier molecular flexibility index (Phi) is 7.39. The topological polar surface area (TPSA) is 87.3 Å². The molecule has 0 aliphatic carbocycles. The zero-order chi connectivity index (χ0) is 22.5. The Hall–Kier alpha value is -2.79. The Bertz CT molecular complexity index is 1020. The number of halogens is 1. The van der Waals surface area contributed by atoms with E-state index in [4.69, 9.17) is 4.74 Å². The standard InChI is InChI=1S/C23H27BrN4O3/c1-5-7-15-12-16(9-10-17(15)24)18-13-25-21(26-18)19-8-6-11-28(19)22(29)20(14(2)3)27-23(30)31-4/h9-10,12-14,19-20H,6,8,11H2,1-4H3,(H,25,26)(H,27,30)/t19-,20-/m0/s1. The molecule has 164 valence electrons. The number of nitrogens with zero attached hydrogens (tertiary/aromatic N) is 2. The largest absolute Gasteiger partial charge is 0.453 e. The lowest BCUT2D eigenvalue weighted by atomic mass is 10.0. The van der Waals surface area contributed by atoms with Crippen molar-refractivity contribution >= 4 is 27.9 Å². The van der Waals surface area contributed by atoms with Crippen LogP contribution in [0.4, 0.5) is 4.79 Å². The van der Waals surface area contributed by atoms with Crippen LogP contribution in [0.2, 0.25) is 0 Å². The molecule has 7 nitrogen and oxygen atoms in total. The second-order valence-electron chi connectivity index (χ2n) is 7.80. The maximum absolute atomic E-state index is 13.2. The number of aromatic nitrogens is 2. The summed E-state index contributed by atoms with van der Waals surface area (Å²) in [5.74, 6) is 6.56. The second-order valence-corrected chi connectivity index (χ2v) is 8.65. The van der Waals surface area contributed by atoms with Gasteiger partial charge < -0.3 is 19.9 Å². The maximum Gasteiger partial charge on any atom is 0.407 e. The molecule has 2 amide bonds. The van der Waals surface area contributed by atoms with Gasteiger partial charge in [0.2, 0.25) is 5.91 Å². The number of hydrogen-bond donors (Lipinski definition) is 2. The summed E-state index contributed by atoms with van der Waals surface area (Å²) >= 11 is 3.52. The fourth-order valence-electron chi connectivity index (χ4n) is 3.77. The number of alkyl carbamates (subject to hydrolysis) is 1. The average Bonchev–Trinajstić information content (AvgIpc) is 3.42. The van der Waals surface area contributed by atoms with E-state index in [1.807, 2.05) is 32.0 Å². The Balaban J connectivity index is 1.84. The number of benzene rings is 1. The van der Waals surface area contributed by atoms with Crippen LogP contribution in [0.25, 0.3) is 11.3 Å². The van der Waals surface area contributed by atoms with E-state index in [1.54, 1.807) is 18.0 Å². The van der Waals surface area contributed by atoms with Gasteiger partial charge in [0, 0.05) is 22.1 Å². The molecule has 2 aromatic rings. The number of nitrogens with one attached hydrogen (secondary N) is 2. The predicted octanol–water partition coefficient (Wildman–Crippen LogP) is 4.25. The summed E-state index contributed by atoms with van der Waals surface area (Å²) in [5, 5.41) is 2.67. The van der Waals surface area contributed by atoms with Crippen LogP contribution in [0.1, 0.15) is 51.0 Å². The number of carbonyl (C=O) groups excluding carboxylic acids is 2. The summed E-state index contributed by atoms with van der Waals surface area (Å²) in [6, 6.07) is 5.16. The molecule has 8 heteroatoms. The molecule has 1 aromatic carbocycles. The Morgan fingerprint density at radius 1 is 1.39 bits per heavy atom. The Morgan fingerprint density at radius 3 is 2.84 bits per heavy atom. The Morgan fingerprint density at radius 2 is 2.16 bits per heavy atom. The van der Waals surface area contributed by atoms with Gasteiger partial charge in [0.15, 0.2) is 0 Å². The van der Waals surface area contributed by atoms with Crippen molar-refractivity contribution in [2.75, 3.05) is 13.7 Å². The highest BCUT2D eigenvalue weighted by molar-refractivity contribution is 9.10. The van der Waals surface area contributed by atoms with Gasteiger partial charge in [-0.3, -0.25) is 4.79 Å². The number of carbonyl (C=O) groups is 2. The van der Waals surface area contributed by atoms with Gasteiger partial charge in [-0.05, 0) is 53.7 Å². The van der Waals surface area contributed by atoms with Crippen LogP contribution >= 0.6 is 15.9 Å². The number of likely N-dealkylation sites (tertiary alicyclic amines) is 1. The third kappa shape index (κ3) is 5.10. The molecule has 0 unspecified atom stereocenters. The van der Waals surface area contributed by atoms with E-state index in [9.17, 15) is 9.59 Å². The molecule has 0 spiro atoms. The number of imidazole rings is 1. The van der Waals surface area contributed by atoms with Crippen LogP contribution in [-0.2, 0) is 9.53 Å². The molecule has 1 saturated heterocycles. The van der Waals surface area contributed by atoms with Gasteiger partial charge in [-0.15, -0.1) is 5.92 Å². The second kappa shape index (κ2) is 10.0. The van der Waals surface area contributed by atoms with Crippen LogP contribution < -0.4 is 5.32 Å². The van der Waals surface area contributed by atoms with Crippen LogP contribution in [-0.4, -0.2) is 46.6 Å². The van der Waals surface area contributed by atoms with Crippen molar-refractivity contribution in [1.29, 1.82) is 0 Å². The number of amides is 2. The molecule has 2 atom stereocenters. The highest BCUT2D eigenvalue weighted by atomic mass is 79.9. The third-order valence-corrected chi connectivity index (χ3v) is 6.07. The van der Waals surface area contributed by atoms with E-state index in [2.05, 4.69) is 43.1 Å². The van der Waals surface area contributed by atoms with Gasteiger partial charge in [-0.2, -0.15) is 0 Å². The number of hydrogen-bond acceptors (Lipinski definition) is 4. The summed E-state index contributed by atoms with van der Waals surface area (Å²) in [5.41, 5.74) is 2.75. The molecule has 1 aliphatic rings. The number of ether oxygens (including phenoxy) is 1. The lowest BCUT2D eigenvalue weighted by Crippen LogP contribution is -2.51. The molecular formula is C23H27BrN4O3. The number of methoxy groups -OCH3 is 1. The van der Waals surface area contributed by atoms with Gasteiger partial charge in [-0.1, -0.05) is 25.8 Å². The molecule has 1 aliphatic heterocycles. The fourth-order valence-corrected chi connectivity index (χ4v) is 4.11. The van der Waals surface area contributed by atoms with Crippen molar-refractivity contribution in [2.45, 2.75) is 45.7 Å². The smallest absolute Gasteiger partial charge is 0.407 e. The Labute approximate surface area is 191 Å². The zero-order valence-electron chi connectivity index (χ0n) is 18.2. The van der Waals surface area contributed by atoms with Crippen LogP contribution in [0.15, 0.2) is 28.9 Å². The van der Waals surface area contributed by atoms with E-state index in [0.29, 0.717) is 6.54 Å². The number of H-pyrrole nitrogens is 1. The van der Waals surface area contributed by atoms with E-state index in [1.165, 1.54) is 7.11 Å². The van der Waals surface area contributed by atoms with Gasteiger partial charge >= 0.3 is 6.09 Å². The molecular weight excluding hydrogens is 460 g/mol. The number of rotatable bonds is 5. The molecule has 2 heterocycles. The molecule has 1 fully saturated rings. The first kappa shape index (κ1) is 22.9. The van der Waals surface area contributed by atoms with Crippen molar-refractivity contribution in [3.8, 4) is 23.1 Å². The van der Waals surface area contributed by atoms with Crippen LogP contribution in [0.3, 0.4) is 0 Å². The number of aromatic amines is 1. The summed E-state index contributed by atoms with van der Waals surface area (Å²) in [4.78, 5) is 34.7. The van der Waals surface area contributed by atoms with Gasteiger partial charge in [0.05, 0.1) is 25.0 Å². The van der Waals surface area contributed by atoms with Gasteiger partial charge in [0.1, 0.15) is 11.9 Å². The highest BCUT2D eigenvalue weighted by Gasteiger charge is 2.37. The highest BCUT2D eigenvalue weighted by Crippen LogP contribution is 2.33. The molecule has 0 saturated carbocycles. The molecule has 0 bridgehead atoms. The first-order valence-corrected chi connectivity index (χ1v) is 11.1. The molecule has 0 radical (unpaired) electrons. The summed E-state index contributed by atoms with van der Waals surface area (Å²) in [6.45, 7) is 6.23. The van der Waals surface area contributed by atoms with E-state index < -0.39 is 12.1 Å². The lowest BCUT2D eigenvalue weighted by molar-refractivity contribution is -0.135. The normalized spacial score (nSPS) is 16.6. The maximum atomic E-state index is 13.2. The van der Waals surface area contributed by atoms with Crippen molar-refractivity contribution in [3.63, 3.8) is 0 Å². The molecule has 3 rings (SSSR count). The minimum atomic E-state index is -0.649. The quantitative estimate of drug-likeness (QED) is 0.618. The fraction of sp³-hybridized carbons (Fsp3) is 0.435. The van der Waals surface area contributed by atoms with Crippen molar-refractivity contribution in [3.05, 3.63) is 40.3 Å². The summed E-state index contributed by atoms with van der Waals surface area (Å²) in [6.07, 6.45) is 2.87. The van der Waals surface area contributed by atoms with Crippen molar-refractivity contribution in [2.24, 2.45) is 5.92 Å². The van der Waals surface area contributed by atoms with E-state index in [-0.39, 0.29) is 17.9 Å². The predicted molar refractivity (Wildman–Crippen MR) is 122 cm³/mol. The minimum Gasteiger partial charge on any atom is -0.453 e. The summed E-state index contributed by atoms with van der Waals surface area (Å²) in [7, 11) is 1.29. The molecule has 1 aromatic heterocycles. The minimum absolute atomic E-state index is 0.0686. The van der Waals surface area contributed by atoms with Gasteiger partial charge in [0.25, 0.3) is 0 Å². The first-order chi connectivity index (χ1) is 14.8. The van der Waals surface area contributed by atoms with Gasteiger partial charge in [-0.25, -0.2) is 9.78 Å². The zero-order valence-corrected chi connectivity index (χ0v) is 19.7. The molecule has 2 N–H and O–H groups in total. The lowest BCUT2D eigenvalue weighted by Gasteiger charge is -2.30. The van der Waals surface area contributed by atoms with E-state index >= 15 is 0 Å². The average molecular weight is 487 g/mol. The van der Waals surface area contributed by atoms with Crippen molar-refractivity contribution < 1.29 is 14.3 Å². The summed E-state index contributed by atoms with van der Waals surface area (Å²) < 4.78 is 5.63. The van der Waals surface area contributed by atoms with Crippen LogP contribution in [0, 0.1) is 17.8 Å². The van der Waals surface area contributed by atoms with Crippen LogP contribution in [0.5, 0.6) is 0 Å². The first-order valence-electron chi connectivity index (χ1n) is 10.3. The molecule has 31 heavy (non-hydrogen) atoms. The monoisotopic (exact) mass is 486 g/mol.